The third kappa shape index (κ3) is 5.18. The van der Waals surface area contributed by atoms with Gasteiger partial charge < -0.3 is 9.80 Å². The van der Waals surface area contributed by atoms with E-state index in [-0.39, 0.29) is 10.8 Å². The van der Waals surface area contributed by atoms with E-state index in [1.807, 2.05) is 43.3 Å². The fourth-order valence-corrected chi connectivity index (χ4v) is 4.09. The third-order valence-electron chi connectivity index (χ3n) is 4.64. The average Bonchev–Trinajstić information content (AvgIpc) is 2.74. The van der Waals surface area contributed by atoms with Crippen LogP contribution in [0.3, 0.4) is 0 Å². The summed E-state index contributed by atoms with van der Waals surface area (Å²) in [5.74, 6) is -0.247. The zero-order valence-corrected chi connectivity index (χ0v) is 18.1. The minimum atomic E-state index is -3.79. The molecule has 7 heteroatoms. The molecule has 0 aliphatic carbocycles. The quantitative estimate of drug-likeness (QED) is 0.627. The smallest absolute Gasteiger partial charge is 0.261 e. The van der Waals surface area contributed by atoms with E-state index in [0.29, 0.717) is 17.8 Å². The molecule has 30 heavy (non-hydrogen) atoms. The second kappa shape index (κ2) is 9.00. The van der Waals surface area contributed by atoms with Crippen molar-refractivity contribution in [1.82, 2.24) is 4.90 Å². The second-order valence-electron chi connectivity index (χ2n) is 7.22. The molecular formula is C23H25N3O3S. The van der Waals surface area contributed by atoms with Crippen LogP contribution >= 0.6 is 0 Å². The van der Waals surface area contributed by atoms with Gasteiger partial charge in [0.25, 0.3) is 15.9 Å². The molecule has 3 aromatic carbocycles. The molecule has 0 bridgehead atoms. The summed E-state index contributed by atoms with van der Waals surface area (Å²) in [5.41, 5.74) is 2.85. The van der Waals surface area contributed by atoms with Crippen molar-refractivity contribution in [2.24, 2.45) is 0 Å². The highest BCUT2D eigenvalue weighted by Gasteiger charge is 2.18. The Kier molecular flexibility index (Phi) is 6.42. The summed E-state index contributed by atoms with van der Waals surface area (Å²) >= 11 is 0. The molecule has 0 atom stereocenters. The van der Waals surface area contributed by atoms with Crippen LogP contribution in [0.25, 0.3) is 0 Å². The number of carbonyl (C=O) groups excluding carboxylic acids is 1. The van der Waals surface area contributed by atoms with Gasteiger partial charge in [-0.2, -0.15) is 0 Å². The first kappa shape index (κ1) is 21.4. The lowest BCUT2D eigenvalue weighted by Crippen LogP contribution is -2.26. The summed E-state index contributed by atoms with van der Waals surface area (Å²) in [6.45, 7) is 0.422. The highest BCUT2D eigenvalue weighted by molar-refractivity contribution is 7.92. The Labute approximate surface area is 177 Å². The van der Waals surface area contributed by atoms with Crippen LogP contribution in [-0.4, -0.2) is 40.4 Å². The third-order valence-corrected chi connectivity index (χ3v) is 6.02. The van der Waals surface area contributed by atoms with Crippen molar-refractivity contribution in [3.8, 4) is 0 Å². The largest absolute Gasteiger partial charge is 0.378 e. The van der Waals surface area contributed by atoms with E-state index in [1.165, 1.54) is 12.1 Å². The molecular weight excluding hydrogens is 398 g/mol. The number of amides is 1. The van der Waals surface area contributed by atoms with E-state index >= 15 is 0 Å². The van der Waals surface area contributed by atoms with Crippen LogP contribution in [0.5, 0.6) is 0 Å². The summed E-state index contributed by atoms with van der Waals surface area (Å²) in [6.07, 6.45) is 0. The molecule has 0 heterocycles. The summed E-state index contributed by atoms with van der Waals surface area (Å²) in [6, 6.07) is 22.7. The van der Waals surface area contributed by atoms with E-state index in [2.05, 4.69) is 4.72 Å². The minimum Gasteiger partial charge on any atom is -0.378 e. The average molecular weight is 424 g/mol. The lowest BCUT2D eigenvalue weighted by Gasteiger charge is -2.19. The first-order valence-corrected chi connectivity index (χ1v) is 10.9. The summed E-state index contributed by atoms with van der Waals surface area (Å²) in [4.78, 5) is 16.5. The number of sulfonamides is 1. The molecule has 3 rings (SSSR count). The minimum absolute atomic E-state index is 0.0425. The normalized spacial score (nSPS) is 11.0. The summed E-state index contributed by atoms with van der Waals surface area (Å²) in [5, 5.41) is 0. The monoisotopic (exact) mass is 423 g/mol. The van der Waals surface area contributed by atoms with Gasteiger partial charge in [-0.1, -0.05) is 36.4 Å². The molecule has 0 radical (unpaired) electrons. The number of nitrogens with one attached hydrogen (secondary N) is 1. The van der Waals surface area contributed by atoms with E-state index in [0.717, 1.165) is 11.3 Å². The first-order valence-electron chi connectivity index (χ1n) is 9.46. The molecule has 1 amide bonds. The van der Waals surface area contributed by atoms with Gasteiger partial charge >= 0.3 is 0 Å². The molecule has 0 unspecified atom stereocenters. The van der Waals surface area contributed by atoms with Crippen LogP contribution in [0.4, 0.5) is 11.4 Å². The van der Waals surface area contributed by atoms with Crippen LogP contribution in [0, 0.1) is 0 Å². The number of carbonyl (C=O) groups is 1. The van der Waals surface area contributed by atoms with Crippen molar-refractivity contribution in [2.75, 3.05) is 30.8 Å². The predicted octanol–water partition coefficient (Wildman–Crippen LogP) is 3.83. The molecule has 156 valence electrons. The van der Waals surface area contributed by atoms with Gasteiger partial charge in [-0.15, -0.1) is 0 Å². The summed E-state index contributed by atoms with van der Waals surface area (Å²) in [7, 11) is 1.85. The fourth-order valence-electron chi connectivity index (χ4n) is 2.98. The van der Waals surface area contributed by atoms with Gasteiger partial charge in [0.05, 0.1) is 4.90 Å². The standard InChI is InChI=1S/C23H25N3O3S/c1-25(2)21-14-12-18(13-15-21)17-26(3)23(27)19-8-7-11-22(16-19)30(28,29)24-20-9-5-4-6-10-20/h4-16,24H,17H2,1-3H3. The Bertz CT molecular complexity index is 1110. The Morgan fingerprint density at radius 3 is 2.17 bits per heavy atom. The molecule has 0 aliphatic rings. The van der Waals surface area contributed by atoms with Crippen LogP contribution in [0.1, 0.15) is 15.9 Å². The number of hydrogen-bond donors (Lipinski definition) is 1. The van der Waals surface area contributed by atoms with Crippen LogP contribution in [-0.2, 0) is 16.6 Å². The van der Waals surface area contributed by atoms with Gasteiger partial charge in [0, 0.05) is 44.6 Å². The molecule has 0 aromatic heterocycles. The molecule has 0 aliphatic heterocycles. The van der Waals surface area contributed by atoms with Crippen molar-refractivity contribution in [3.05, 3.63) is 90.0 Å². The number of para-hydroxylation sites is 1. The van der Waals surface area contributed by atoms with E-state index < -0.39 is 10.0 Å². The van der Waals surface area contributed by atoms with Crippen molar-refractivity contribution in [1.29, 1.82) is 0 Å². The number of anilines is 2. The van der Waals surface area contributed by atoms with Gasteiger partial charge in [0.2, 0.25) is 0 Å². The van der Waals surface area contributed by atoms with Gasteiger partial charge in [0.1, 0.15) is 0 Å². The van der Waals surface area contributed by atoms with Crippen LogP contribution in [0.15, 0.2) is 83.8 Å². The van der Waals surface area contributed by atoms with Crippen molar-refractivity contribution >= 4 is 27.3 Å². The van der Waals surface area contributed by atoms with Gasteiger partial charge in [-0.3, -0.25) is 9.52 Å². The Hall–Kier alpha value is -3.32. The zero-order valence-electron chi connectivity index (χ0n) is 17.2. The Balaban J connectivity index is 1.75. The first-order chi connectivity index (χ1) is 14.3. The number of nitrogens with zero attached hydrogens (tertiary/aromatic N) is 2. The van der Waals surface area contributed by atoms with Crippen molar-refractivity contribution in [3.63, 3.8) is 0 Å². The molecule has 0 saturated carbocycles. The predicted molar refractivity (Wildman–Crippen MR) is 120 cm³/mol. The lowest BCUT2D eigenvalue weighted by molar-refractivity contribution is 0.0785. The molecule has 1 N–H and O–H groups in total. The Morgan fingerprint density at radius 2 is 1.53 bits per heavy atom. The van der Waals surface area contributed by atoms with E-state index in [4.69, 9.17) is 0 Å². The maximum atomic E-state index is 12.9. The molecule has 0 spiro atoms. The topological polar surface area (TPSA) is 69.7 Å². The summed E-state index contributed by atoms with van der Waals surface area (Å²) < 4.78 is 27.9. The van der Waals surface area contributed by atoms with Gasteiger partial charge in [-0.05, 0) is 48.0 Å². The van der Waals surface area contributed by atoms with Gasteiger partial charge in [-0.25, -0.2) is 8.42 Å². The Morgan fingerprint density at radius 1 is 0.867 bits per heavy atom. The highest BCUT2D eigenvalue weighted by Crippen LogP contribution is 2.19. The van der Waals surface area contributed by atoms with Crippen molar-refractivity contribution < 1.29 is 13.2 Å². The number of benzene rings is 3. The zero-order chi connectivity index (χ0) is 21.7. The SMILES string of the molecule is CN(Cc1ccc(N(C)C)cc1)C(=O)c1cccc(S(=O)(=O)Nc2ccccc2)c1. The lowest BCUT2D eigenvalue weighted by atomic mass is 10.1. The van der Waals surface area contributed by atoms with E-state index in [9.17, 15) is 13.2 Å². The van der Waals surface area contributed by atoms with Crippen LogP contribution in [0.2, 0.25) is 0 Å². The van der Waals surface area contributed by atoms with Crippen molar-refractivity contribution in [2.45, 2.75) is 11.4 Å². The highest BCUT2D eigenvalue weighted by atomic mass is 32.2. The molecule has 0 fully saturated rings. The van der Waals surface area contributed by atoms with Gasteiger partial charge in [0.15, 0.2) is 0 Å². The van der Waals surface area contributed by atoms with Crippen LogP contribution < -0.4 is 9.62 Å². The second-order valence-corrected chi connectivity index (χ2v) is 8.90. The van der Waals surface area contributed by atoms with E-state index in [1.54, 1.807) is 54.4 Å². The molecule has 3 aromatic rings. The maximum absolute atomic E-state index is 12.9. The number of hydrogen-bond acceptors (Lipinski definition) is 4. The number of rotatable bonds is 7. The molecule has 6 nitrogen and oxygen atoms in total. The fraction of sp³-hybridized carbons (Fsp3) is 0.174. The molecule has 0 saturated heterocycles. The maximum Gasteiger partial charge on any atom is 0.261 e.